The average molecular weight is 245 g/mol. The Hall–Kier alpha value is -1.97. The van der Waals surface area contributed by atoms with Gasteiger partial charge in [0, 0.05) is 25.0 Å². The predicted molar refractivity (Wildman–Crippen MR) is 72.9 cm³/mol. The van der Waals surface area contributed by atoms with Crippen molar-refractivity contribution in [3.8, 4) is 5.75 Å². The Balaban J connectivity index is 2.04. The van der Waals surface area contributed by atoms with Crippen molar-refractivity contribution in [3.05, 3.63) is 42.2 Å². The topological polar surface area (TPSA) is 39.1 Å². The minimum absolute atomic E-state index is 0.403. The number of anilines is 1. The second-order valence-corrected chi connectivity index (χ2v) is 4.46. The largest absolute Gasteiger partial charge is 0.497 e. The molecule has 0 spiro atoms. The molecule has 0 fully saturated rings. The molecule has 1 heterocycles. The maximum Gasteiger partial charge on any atom is 0.203 e. The van der Waals surface area contributed by atoms with Gasteiger partial charge >= 0.3 is 0 Å². The van der Waals surface area contributed by atoms with E-state index in [2.05, 4.69) is 34.8 Å². The van der Waals surface area contributed by atoms with E-state index in [0.717, 1.165) is 18.2 Å². The van der Waals surface area contributed by atoms with Gasteiger partial charge in [-0.15, -0.1) is 0 Å². The van der Waals surface area contributed by atoms with Crippen LogP contribution in [0, 0.1) is 0 Å². The van der Waals surface area contributed by atoms with Crippen LogP contribution in [0.5, 0.6) is 5.75 Å². The Morgan fingerprint density at radius 3 is 2.94 bits per heavy atom. The van der Waals surface area contributed by atoms with Gasteiger partial charge in [0.15, 0.2) is 0 Å². The van der Waals surface area contributed by atoms with Gasteiger partial charge in [-0.05, 0) is 31.5 Å². The van der Waals surface area contributed by atoms with E-state index in [1.54, 1.807) is 7.11 Å². The molecule has 4 heteroatoms. The third kappa shape index (κ3) is 2.83. The van der Waals surface area contributed by atoms with Gasteiger partial charge in [0.25, 0.3) is 0 Å². The van der Waals surface area contributed by atoms with Crippen LogP contribution in [-0.4, -0.2) is 16.7 Å². The molecule has 2 rings (SSSR count). The number of aromatic nitrogens is 2. The van der Waals surface area contributed by atoms with Crippen molar-refractivity contribution in [1.82, 2.24) is 9.55 Å². The second kappa shape index (κ2) is 5.58. The molecule has 0 unspecified atom stereocenters. The van der Waals surface area contributed by atoms with E-state index in [0.29, 0.717) is 6.04 Å². The summed E-state index contributed by atoms with van der Waals surface area (Å²) in [5, 5.41) is 3.34. The minimum atomic E-state index is 0.403. The van der Waals surface area contributed by atoms with Gasteiger partial charge in [0.2, 0.25) is 5.95 Å². The highest BCUT2D eigenvalue weighted by atomic mass is 16.5. The summed E-state index contributed by atoms with van der Waals surface area (Å²) < 4.78 is 7.32. The van der Waals surface area contributed by atoms with Crippen LogP contribution in [0.4, 0.5) is 5.95 Å². The van der Waals surface area contributed by atoms with Gasteiger partial charge in [0.05, 0.1) is 7.11 Å². The first kappa shape index (κ1) is 12.5. The lowest BCUT2D eigenvalue weighted by molar-refractivity contribution is 0.414. The molecule has 0 bridgehead atoms. The van der Waals surface area contributed by atoms with Gasteiger partial charge in [-0.2, -0.15) is 0 Å². The standard InChI is InChI=1S/C14H19N3O/c1-11(2)17-8-7-15-14(17)16-10-12-5-4-6-13(9-12)18-3/h4-9,11H,10H2,1-3H3,(H,15,16). The molecule has 0 atom stereocenters. The SMILES string of the molecule is COc1cccc(CNc2nccn2C(C)C)c1. The van der Waals surface area contributed by atoms with Crippen molar-refractivity contribution < 1.29 is 4.74 Å². The van der Waals surface area contributed by atoms with E-state index in [1.807, 2.05) is 30.6 Å². The fourth-order valence-electron chi connectivity index (χ4n) is 1.83. The van der Waals surface area contributed by atoms with Crippen LogP contribution in [0.1, 0.15) is 25.5 Å². The van der Waals surface area contributed by atoms with Crippen LogP contribution in [0.2, 0.25) is 0 Å². The molecule has 0 aliphatic rings. The normalized spacial score (nSPS) is 10.7. The van der Waals surface area contributed by atoms with Crippen molar-refractivity contribution in [2.24, 2.45) is 0 Å². The van der Waals surface area contributed by atoms with E-state index in [-0.39, 0.29) is 0 Å². The van der Waals surface area contributed by atoms with Crippen LogP contribution in [0.3, 0.4) is 0 Å². The van der Waals surface area contributed by atoms with Crippen LogP contribution in [-0.2, 0) is 6.54 Å². The molecule has 1 N–H and O–H groups in total. The number of imidazole rings is 1. The minimum Gasteiger partial charge on any atom is -0.497 e. The first-order valence-electron chi connectivity index (χ1n) is 6.10. The van der Waals surface area contributed by atoms with Crippen LogP contribution >= 0.6 is 0 Å². The Labute approximate surface area is 108 Å². The van der Waals surface area contributed by atoms with E-state index >= 15 is 0 Å². The number of nitrogens with one attached hydrogen (secondary N) is 1. The Bertz CT molecular complexity index is 505. The molecule has 1 aromatic carbocycles. The van der Waals surface area contributed by atoms with Crippen molar-refractivity contribution >= 4 is 5.95 Å². The molecule has 0 saturated carbocycles. The number of ether oxygens (including phenoxy) is 1. The molecule has 4 nitrogen and oxygen atoms in total. The smallest absolute Gasteiger partial charge is 0.203 e. The van der Waals surface area contributed by atoms with Crippen molar-refractivity contribution in [2.45, 2.75) is 26.4 Å². The number of nitrogens with zero attached hydrogens (tertiary/aromatic N) is 2. The zero-order valence-electron chi connectivity index (χ0n) is 11.1. The second-order valence-electron chi connectivity index (χ2n) is 4.46. The molecule has 0 saturated heterocycles. The first-order valence-corrected chi connectivity index (χ1v) is 6.10. The monoisotopic (exact) mass is 245 g/mol. The Morgan fingerprint density at radius 2 is 2.22 bits per heavy atom. The predicted octanol–water partition coefficient (Wildman–Crippen LogP) is 3.08. The summed E-state index contributed by atoms with van der Waals surface area (Å²) in [6.45, 7) is 5.01. The van der Waals surface area contributed by atoms with Crippen molar-refractivity contribution in [3.63, 3.8) is 0 Å². The number of hydrogen-bond donors (Lipinski definition) is 1. The highest BCUT2D eigenvalue weighted by Crippen LogP contribution is 2.16. The molecular formula is C14H19N3O. The highest BCUT2D eigenvalue weighted by molar-refractivity contribution is 5.33. The molecule has 96 valence electrons. The summed E-state index contributed by atoms with van der Waals surface area (Å²) in [4.78, 5) is 4.32. The molecule has 18 heavy (non-hydrogen) atoms. The zero-order chi connectivity index (χ0) is 13.0. The van der Waals surface area contributed by atoms with E-state index < -0.39 is 0 Å². The fourth-order valence-corrected chi connectivity index (χ4v) is 1.83. The molecule has 0 aliphatic carbocycles. The Kier molecular flexibility index (Phi) is 3.87. The van der Waals surface area contributed by atoms with Crippen LogP contribution in [0.15, 0.2) is 36.7 Å². The number of hydrogen-bond acceptors (Lipinski definition) is 3. The van der Waals surface area contributed by atoms with Gasteiger partial charge in [0.1, 0.15) is 5.75 Å². The number of benzene rings is 1. The van der Waals surface area contributed by atoms with E-state index in [9.17, 15) is 0 Å². The summed E-state index contributed by atoms with van der Waals surface area (Å²) in [7, 11) is 1.68. The third-order valence-corrected chi connectivity index (χ3v) is 2.81. The lowest BCUT2D eigenvalue weighted by Gasteiger charge is -2.13. The average Bonchev–Trinajstić information content (AvgIpc) is 2.85. The zero-order valence-corrected chi connectivity index (χ0v) is 11.1. The van der Waals surface area contributed by atoms with Gasteiger partial charge in [-0.1, -0.05) is 12.1 Å². The fraction of sp³-hybridized carbons (Fsp3) is 0.357. The summed E-state index contributed by atoms with van der Waals surface area (Å²) in [6, 6.07) is 8.43. The van der Waals surface area contributed by atoms with Crippen LogP contribution < -0.4 is 10.1 Å². The highest BCUT2D eigenvalue weighted by Gasteiger charge is 2.05. The molecule has 1 aromatic heterocycles. The molecule has 0 radical (unpaired) electrons. The van der Waals surface area contributed by atoms with E-state index in [1.165, 1.54) is 5.56 Å². The van der Waals surface area contributed by atoms with Gasteiger partial charge < -0.3 is 14.6 Å². The quantitative estimate of drug-likeness (QED) is 0.879. The Morgan fingerprint density at radius 1 is 1.39 bits per heavy atom. The first-order chi connectivity index (χ1) is 8.70. The summed E-state index contributed by atoms with van der Waals surface area (Å²) in [5.74, 6) is 1.77. The van der Waals surface area contributed by atoms with Crippen LogP contribution in [0.25, 0.3) is 0 Å². The maximum absolute atomic E-state index is 5.21. The lowest BCUT2D eigenvalue weighted by Crippen LogP contribution is -2.08. The third-order valence-electron chi connectivity index (χ3n) is 2.81. The van der Waals surface area contributed by atoms with Crippen molar-refractivity contribution in [2.75, 3.05) is 12.4 Å². The number of rotatable bonds is 5. The summed E-state index contributed by atoms with van der Waals surface area (Å²) >= 11 is 0. The van der Waals surface area contributed by atoms with Gasteiger partial charge in [-0.25, -0.2) is 4.98 Å². The molecular weight excluding hydrogens is 226 g/mol. The van der Waals surface area contributed by atoms with Crippen molar-refractivity contribution in [1.29, 1.82) is 0 Å². The number of methoxy groups -OCH3 is 1. The molecule has 0 aliphatic heterocycles. The molecule has 2 aromatic rings. The summed E-state index contributed by atoms with van der Waals surface area (Å²) in [6.07, 6.45) is 3.80. The lowest BCUT2D eigenvalue weighted by atomic mass is 10.2. The van der Waals surface area contributed by atoms with E-state index in [4.69, 9.17) is 4.74 Å². The molecule has 0 amide bonds. The summed E-state index contributed by atoms with van der Waals surface area (Å²) in [5.41, 5.74) is 1.17. The van der Waals surface area contributed by atoms with Gasteiger partial charge in [-0.3, -0.25) is 0 Å². The maximum atomic E-state index is 5.21.